The Balaban J connectivity index is 2.18. The molecule has 0 saturated heterocycles. The molecular weight excluding hydrogens is 276 g/mol. The molecule has 0 spiro atoms. The van der Waals surface area contributed by atoms with Gasteiger partial charge in [0.25, 0.3) is 11.5 Å². The summed E-state index contributed by atoms with van der Waals surface area (Å²) in [6.45, 7) is 2.44. The van der Waals surface area contributed by atoms with Crippen molar-refractivity contribution in [3.63, 3.8) is 0 Å². The summed E-state index contributed by atoms with van der Waals surface area (Å²) in [4.78, 5) is 29.0. The fourth-order valence-corrected chi connectivity index (χ4v) is 2.62. The van der Waals surface area contributed by atoms with Gasteiger partial charge in [0.15, 0.2) is 4.96 Å². The number of amides is 1. The van der Waals surface area contributed by atoms with Crippen LogP contribution in [0.25, 0.3) is 4.96 Å². The van der Waals surface area contributed by atoms with Gasteiger partial charge in [0.2, 0.25) is 0 Å². The standard InChI is InChI=1S/C13H18N4O2S/c1-2-3-4-9(7-14)16-11(18)10-8-15-13-17(12(10)19)5-6-20-13/h5-6,8-9H,2-4,7,14H2,1H3,(H,16,18). The lowest BCUT2D eigenvalue weighted by Gasteiger charge is -2.16. The number of fused-ring (bicyclic) bond motifs is 1. The number of hydrogen-bond acceptors (Lipinski definition) is 5. The first kappa shape index (κ1) is 14.7. The monoisotopic (exact) mass is 294 g/mol. The Kier molecular flexibility index (Phi) is 4.86. The first-order chi connectivity index (χ1) is 9.67. The van der Waals surface area contributed by atoms with Crippen LogP contribution in [0.2, 0.25) is 0 Å². The number of thiazole rings is 1. The highest BCUT2D eigenvalue weighted by molar-refractivity contribution is 7.15. The molecule has 1 amide bonds. The summed E-state index contributed by atoms with van der Waals surface area (Å²) >= 11 is 1.35. The minimum atomic E-state index is -0.408. The molecule has 2 aromatic heterocycles. The topological polar surface area (TPSA) is 89.5 Å². The zero-order valence-corrected chi connectivity index (χ0v) is 12.2. The number of nitrogens with zero attached hydrogens (tertiary/aromatic N) is 2. The molecule has 1 unspecified atom stereocenters. The molecule has 0 saturated carbocycles. The molecule has 0 aromatic carbocycles. The number of nitrogens with two attached hydrogens (primary N) is 1. The Morgan fingerprint density at radius 1 is 1.60 bits per heavy atom. The van der Waals surface area contributed by atoms with E-state index in [0.29, 0.717) is 11.5 Å². The van der Waals surface area contributed by atoms with Gasteiger partial charge < -0.3 is 11.1 Å². The van der Waals surface area contributed by atoms with Crippen LogP contribution in [0.15, 0.2) is 22.6 Å². The molecule has 0 aliphatic rings. The second-order valence-corrected chi connectivity index (χ2v) is 5.45. The largest absolute Gasteiger partial charge is 0.348 e. The molecule has 2 aromatic rings. The van der Waals surface area contributed by atoms with Crippen LogP contribution in [0.3, 0.4) is 0 Å². The molecule has 2 rings (SSSR count). The van der Waals surface area contributed by atoms with E-state index in [9.17, 15) is 9.59 Å². The second-order valence-electron chi connectivity index (χ2n) is 4.58. The van der Waals surface area contributed by atoms with Crippen molar-refractivity contribution >= 4 is 22.2 Å². The minimum Gasteiger partial charge on any atom is -0.348 e. The molecule has 6 nitrogen and oxygen atoms in total. The zero-order valence-electron chi connectivity index (χ0n) is 11.3. The number of aromatic nitrogens is 2. The van der Waals surface area contributed by atoms with Crippen molar-refractivity contribution in [1.82, 2.24) is 14.7 Å². The van der Waals surface area contributed by atoms with E-state index in [1.807, 2.05) is 0 Å². The molecule has 108 valence electrons. The van der Waals surface area contributed by atoms with Crippen LogP contribution in [0.4, 0.5) is 0 Å². The summed E-state index contributed by atoms with van der Waals surface area (Å²) in [5.41, 5.74) is 5.34. The van der Waals surface area contributed by atoms with Crippen LogP contribution in [0, 0.1) is 0 Å². The van der Waals surface area contributed by atoms with Crippen molar-refractivity contribution in [1.29, 1.82) is 0 Å². The third-order valence-corrected chi connectivity index (χ3v) is 3.88. The maximum atomic E-state index is 12.2. The Bertz CT molecular complexity index is 649. The number of carbonyl (C=O) groups is 1. The first-order valence-corrected chi connectivity index (χ1v) is 7.51. The maximum absolute atomic E-state index is 12.2. The number of carbonyl (C=O) groups excluding carboxylic acids is 1. The van der Waals surface area contributed by atoms with Gasteiger partial charge in [-0.1, -0.05) is 19.8 Å². The van der Waals surface area contributed by atoms with Gasteiger partial charge in [-0.25, -0.2) is 4.98 Å². The van der Waals surface area contributed by atoms with Gasteiger partial charge in [-0.15, -0.1) is 11.3 Å². The zero-order chi connectivity index (χ0) is 14.5. The lowest BCUT2D eigenvalue weighted by molar-refractivity contribution is 0.0933. The van der Waals surface area contributed by atoms with Gasteiger partial charge >= 0.3 is 0 Å². The van der Waals surface area contributed by atoms with Crippen molar-refractivity contribution in [3.05, 3.63) is 33.7 Å². The van der Waals surface area contributed by atoms with Crippen LogP contribution in [-0.2, 0) is 0 Å². The van der Waals surface area contributed by atoms with Crippen LogP contribution >= 0.6 is 11.3 Å². The molecule has 20 heavy (non-hydrogen) atoms. The van der Waals surface area contributed by atoms with Crippen molar-refractivity contribution in [3.8, 4) is 0 Å². The molecule has 1 atom stereocenters. The summed E-state index contributed by atoms with van der Waals surface area (Å²) in [5, 5.41) is 4.56. The number of nitrogens with one attached hydrogen (secondary N) is 1. The van der Waals surface area contributed by atoms with Gasteiger partial charge in [0, 0.05) is 30.4 Å². The smallest absolute Gasteiger partial charge is 0.271 e. The van der Waals surface area contributed by atoms with Gasteiger partial charge in [-0.3, -0.25) is 14.0 Å². The minimum absolute atomic E-state index is 0.0517. The third-order valence-electron chi connectivity index (χ3n) is 3.11. The highest BCUT2D eigenvalue weighted by Gasteiger charge is 2.16. The van der Waals surface area contributed by atoms with Crippen molar-refractivity contribution in [2.24, 2.45) is 5.73 Å². The van der Waals surface area contributed by atoms with E-state index >= 15 is 0 Å². The molecular formula is C13H18N4O2S. The SMILES string of the molecule is CCCCC(CN)NC(=O)c1cnc2sccn2c1=O. The molecule has 0 radical (unpaired) electrons. The fourth-order valence-electron chi connectivity index (χ4n) is 1.94. The predicted octanol–water partition coefficient (Wildman–Crippen LogP) is 1.00. The first-order valence-electron chi connectivity index (χ1n) is 6.63. The van der Waals surface area contributed by atoms with Gasteiger partial charge in [-0.2, -0.15) is 0 Å². The molecule has 0 bridgehead atoms. The molecule has 3 N–H and O–H groups in total. The molecule has 0 fully saturated rings. The van der Waals surface area contributed by atoms with Crippen LogP contribution in [0.5, 0.6) is 0 Å². The quantitative estimate of drug-likeness (QED) is 0.832. The normalized spacial score (nSPS) is 12.5. The van der Waals surface area contributed by atoms with Gasteiger partial charge in [0.1, 0.15) is 5.56 Å². The average Bonchev–Trinajstić information content (AvgIpc) is 2.93. The predicted molar refractivity (Wildman–Crippen MR) is 79.2 cm³/mol. The van der Waals surface area contributed by atoms with Crippen molar-refractivity contribution in [2.75, 3.05) is 6.54 Å². The maximum Gasteiger partial charge on any atom is 0.271 e. The van der Waals surface area contributed by atoms with E-state index in [0.717, 1.165) is 19.3 Å². The Morgan fingerprint density at radius 2 is 2.40 bits per heavy atom. The van der Waals surface area contributed by atoms with E-state index in [1.54, 1.807) is 11.6 Å². The number of rotatable bonds is 6. The molecule has 7 heteroatoms. The highest BCUT2D eigenvalue weighted by atomic mass is 32.1. The number of unbranched alkanes of at least 4 members (excludes halogenated alkanes) is 1. The van der Waals surface area contributed by atoms with Crippen molar-refractivity contribution < 1.29 is 4.79 Å². The van der Waals surface area contributed by atoms with Crippen LogP contribution in [-0.4, -0.2) is 27.9 Å². The number of hydrogen-bond donors (Lipinski definition) is 2. The van der Waals surface area contributed by atoms with Gasteiger partial charge in [-0.05, 0) is 6.42 Å². The summed E-state index contributed by atoms with van der Waals surface area (Å²) in [6, 6.07) is -0.106. The fraction of sp³-hybridized carbons (Fsp3) is 0.462. The van der Waals surface area contributed by atoms with E-state index < -0.39 is 5.91 Å². The lowest BCUT2D eigenvalue weighted by Crippen LogP contribution is -2.42. The second kappa shape index (κ2) is 6.62. The molecule has 0 aliphatic heterocycles. The average molecular weight is 294 g/mol. The highest BCUT2D eigenvalue weighted by Crippen LogP contribution is 2.06. The van der Waals surface area contributed by atoms with Crippen LogP contribution in [0.1, 0.15) is 36.5 Å². The van der Waals surface area contributed by atoms with E-state index in [1.165, 1.54) is 21.9 Å². The summed E-state index contributed by atoms with van der Waals surface area (Å²) in [6.07, 6.45) is 5.79. The third kappa shape index (κ3) is 3.05. The van der Waals surface area contributed by atoms with Crippen LogP contribution < -0.4 is 16.6 Å². The van der Waals surface area contributed by atoms with E-state index in [2.05, 4.69) is 17.2 Å². The lowest BCUT2D eigenvalue weighted by atomic mass is 10.1. The summed E-state index contributed by atoms with van der Waals surface area (Å²) in [5.74, 6) is -0.408. The van der Waals surface area contributed by atoms with Crippen molar-refractivity contribution in [2.45, 2.75) is 32.2 Å². The molecule has 0 aliphatic carbocycles. The Labute approximate surface area is 120 Å². The van der Waals surface area contributed by atoms with Gasteiger partial charge in [0.05, 0.1) is 0 Å². The van der Waals surface area contributed by atoms with E-state index in [4.69, 9.17) is 5.73 Å². The molecule has 2 heterocycles. The summed E-state index contributed by atoms with van der Waals surface area (Å²) in [7, 11) is 0. The summed E-state index contributed by atoms with van der Waals surface area (Å²) < 4.78 is 1.38. The Hall–Kier alpha value is -1.73. The van der Waals surface area contributed by atoms with E-state index in [-0.39, 0.29) is 17.2 Å². The Morgan fingerprint density at radius 3 is 3.10 bits per heavy atom.